The summed E-state index contributed by atoms with van der Waals surface area (Å²) in [5.74, 6) is 1.73. The Morgan fingerprint density at radius 3 is 2.65 bits per heavy atom. The Morgan fingerprint density at radius 1 is 1.16 bits per heavy atom. The van der Waals surface area contributed by atoms with E-state index >= 15 is 0 Å². The van der Waals surface area contributed by atoms with Crippen LogP contribution in [0.2, 0.25) is 0 Å². The van der Waals surface area contributed by atoms with Gasteiger partial charge >= 0.3 is 0 Å². The van der Waals surface area contributed by atoms with Crippen molar-refractivity contribution in [1.29, 1.82) is 5.26 Å². The van der Waals surface area contributed by atoms with E-state index in [4.69, 9.17) is 15.2 Å². The maximum Gasteiger partial charge on any atom is 0.260 e. The van der Waals surface area contributed by atoms with E-state index in [1.54, 1.807) is 27.9 Å². The van der Waals surface area contributed by atoms with Gasteiger partial charge in [-0.1, -0.05) is 6.07 Å². The first kappa shape index (κ1) is 24.1. The molecule has 1 amide bonds. The van der Waals surface area contributed by atoms with Gasteiger partial charge in [-0.15, -0.1) is 10.2 Å². The summed E-state index contributed by atoms with van der Waals surface area (Å²) in [5, 5.41) is 20.6. The number of carbonyl (C=O) groups is 1. The Labute approximate surface area is 215 Å². The number of nitriles is 1. The summed E-state index contributed by atoms with van der Waals surface area (Å²) in [4.78, 5) is 27.0. The van der Waals surface area contributed by atoms with Crippen LogP contribution < -0.4 is 15.1 Å². The molecule has 5 rings (SSSR count). The van der Waals surface area contributed by atoms with E-state index in [-0.39, 0.29) is 11.9 Å². The molecular weight excluding hydrogens is 466 g/mol. The highest BCUT2D eigenvalue weighted by atomic mass is 16.2. The topological polar surface area (TPSA) is 116 Å². The van der Waals surface area contributed by atoms with Crippen molar-refractivity contribution in [2.75, 3.05) is 23.9 Å². The molecule has 4 heterocycles. The maximum atomic E-state index is 13.6. The highest BCUT2D eigenvalue weighted by Crippen LogP contribution is 2.32. The first-order valence-corrected chi connectivity index (χ1v) is 12.0. The first-order valence-electron chi connectivity index (χ1n) is 12.0. The molecule has 4 aromatic rings. The zero-order valence-corrected chi connectivity index (χ0v) is 21.2. The quantitative estimate of drug-likeness (QED) is 0.417. The van der Waals surface area contributed by atoms with Crippen LogP contribution in [-0.2, 0) is 13.1 Å². The van der Waals surface area contributed by atoms with Gasteiger partial charge in [0.1, 0.15) is 23.7 Å². The average molecular weight is 494 g/mol. The third kappa shape index (κ3) is 4.41. The highest BCUT2D eigenvalue weighted by Gasteiger charge is 2.33. The number of hydrogen-bond donors (Lipinski definition) is 1. The summed E-state index contributed by atoms with van der Waals surface area (Å²) in [5.41, 5.74) is 4.37. The fraction of sp³-hybridized carbons (Fsp3) is 0.259. The van der Waals surface area contributed by atoms with E-state index in [9.17, 15) is 4.79 Å². The lowest BCUT2D eigenvalue weighted by atomic mass is 10.1. The van der Waals surface area contributed by atoms with Gasteiger partial charge in [0.2, 0.25) is 0 Å². The molecule has 0 saturated heterocycles. The van der Waals surface area contributed by atoms with Crippen molar-refractivity contribution in [2.45, 2.75) is 33.0 Å². The third-order valence-corrected chi connectivity index (χ3v) is 6.53. The molecule has 0 saturated carbocycles. The summed E-state index contributed by atoms with van der Waals surface area (Å²) in [7, 11) is 3.85. The largest absolute Gasteiger partial charge is 0.357 e. The van der Waals surface area contributed by atoms with Crippen molar-refractivity contribution >= 4 is 17.5 Å². The molecule has 3 aromatic heterocycles. The molecule has 37 heavy (non-hydrogen) atoms. The minimum Gasteiger partial charge on any atom is -0.357 e. The number of hydrogen-bond acceptors (Lipinski definition) is 8. The molecule has 0 radical (unpaired) electrons. The fourth-order valence-corrected chi connectivity index (χ4v) is 4.29. The van der Waals surface area contributed by atoms with Gasteiger partial charge < -0.3 is 10.2 Å². The van der Waals surface area contributed by atoms with Crippen molar-refractivity contribution < 1.29 is 4.79 Å². The minimum atomic E-state index is -0.105. The second-order valence-electron chi connectivity index (χ2n) is 9.14. The molecule has 0 unspecified atom stereocenters. The SMILES string of the molecule is CNCc1nc(N(C)C(C)C)cc2c1CN(c1cccc(-c3nncn3-c3ccc(C#N)cc3)n1)C2=O. The number of aromatic nitrogens is 5. The Morgan fingerprint density at radius 2 is 1.95 bits per heavy atom. The minimum absolute atomic E-state index is 0.105. The standard InChI is InChI=1S/C27H27N9O/c1-17(2)34(4)25-12-20-21(23(32-25)14-29-3)15-35(27(20)37)24-7-5-6-22(31-24)26-33-30-16-36(26)19-10-8-18(13-28)9-11-19/h5-12,16-17,29H,14-15H2,1-4H3. The molecule has 186 valence electrons. The Bertz CT molecular complexity index is 1500. The lowest BCUT2D eigenvalue weighted by Crippen LogP contribution is -2.27. The fourth-order valence-electron chi connectivity index (χ4n) is 4.29. The van der Waals surface area contributed by atoms with Crippen LogP contribution in [0.5, 0.6) is 0 Å². The molecule has 0 atom stereocenters. The van der Waals surface area contributed by atoms with E-state index in [0.717, 1.165) is 22.8 Å². The van der Waals surface area contributed by atoms with E-state index < -0.39 is 0 Å². The molecule has 1 N–H and O–H groups in total. The number of fused-ring (bicyclic) bond motifs is 1. The molecule has 0 spiro atoms. The predicted octanol–water partition coefficient (Wildman–Crippen LogP) is 3.32. The van der Waals surface area contributed by atoms with E-state index in [1.165, 1.54) is 0 Å². The second kappa shape index (κ2) is 9.79. The van der Waals surface area contributed by atoms with Crippen LogP contribution in [0, 0.1) is 11.3 Å². The predicted molar refractivity (Wildman–Crippen MR) is 140 cm³/mol. The van der Waals surface area contributed by atoms with Crippen LogP contribution in [0.4, 0.5) is 11.6 Å². The molecule has 1 aliphatic heterocycles. The molecule has 10 nitrogen and oxygen atoms in total. The van der Waals surface area contributed by atoms with Gasteiger partial charge in [0.05, 0.1) is 29.4 Å². The first-order chi connectivity index (χ1) is 17.9. The number of pyridine rings is 2. The van der Waals surface area contributed by atoms with E-state index in [0.29, 0.717) is 41.6 Å². The smallest absolute Gasteiger partial charge is 0.260 e. The van der Waals surface area contributed by atoms with E-state index in [2.05, 4.69) is 40.3 Å². The number of carbonyl (C=O) groups excluding carboxylic acids is 1. The lowest BCUT2D eigenvalue weighted by Gasteiger charge is -2.24. The lowest BCUT2D eigenvalue weighted by molar-refractivity contribution is 0.0996. The number of nitrogens with one attached hydrogen (secondary N) is 1. The van der Waals surface area contributed by atoms with Gasteiger partial charge in [-0.2, -0.15) is 5.26 Å². The summed E-state index contributed by atoms with van der Waals surface area (Å²) < 4.78 is 1.80. The van der Waals surface area contributed by atoms with Crippen LogP contribution in [0.3, 0.4) is 0 Å². The summed E-state index contributed by atoms with van der Waals surface area (Å²) in [6.07, 6.45) is 1.60. The molecule has 0 bridgehead atoms. The number of rotatable bonds is 7. The van der Waals surface area contributed by atoms with Crippen LogP contribution in [0.1, 0.15) is 41.0 Å². The Hall–Kier alpha value is -4.62. The summed E-state index contributed by atoms with van der Waals surface area (Å²) >= 11 is 0. The van der Waals surface area contributed by atoms with Gasteiger partial charge in [-0.05, 0) is 63.4 Å². The monoisotopic (exact) mass is 493 g/mol. The molecule has 0 fully saturated rings. The highest BCUT2D eigenvalue weighted by molar-refractivity contribution is 6.10. The molecule has 0 aliphatic carbocycles. The van der Waals surface area contributed by atoms with Crippen molar-refractivity contribution in [3.05, 3.63) is 77.2 Å². The van der Waals surface area contributed by atoms with Gasteiger partial charge in [0.15, 0.2) is 5.82 Å². The number of anilines is 2. The van der Waals surface area contributed by atoms with Crippen LogP contribution in [0.15, 0.2) is 54.9 Å². The zero-order chi connectivity index (χ0) is 26.1. The maximum absolute atomic E-state index is 13.6. The van der Waals surface area contributed by atoms with E-state index in [1.807, 2.05) is 50.5 Å². The molecule has 10 heteroatoms. The Kier molecular flexibility index (Phi) is 6.38. The van der Waals surface area contributed by atoms with Crippen molar-refractivity contribution in [1.82, 2.24) is 30.0 Å². The van der Waals surface area contributed by atoms with Gasteiger partial charge in [0, 0.05) is 30.9 Å². The molecule has 1 aliphatic rings. The summed E-state index contributed by atoms with van der Waals surface area (Å²) in [6.45, 7) is 5.13. The Balaban J connectivity index is 1.50. The average Bonchev–Trinajstić information content (AvgIpc) is 3.54. The van der Waals surface area contributed by atoms with Crippen molar-refractivity contribution in [3.63, 3.8) is 0 Å². The van der Waals surface area contributed by atoms with Gasteiger partial charge in [-0.25, -0.2) is 9.97 Å². The molecular formula is C27H27N9O. The van der Waals surface area contributed by atoms with Crippen LogP contribution >= 0.6 is 0 Å². The van der Waals surface area contributed by atoms with Gasteiger partial charge in [0.25, 0.3) is 5.91 Å². The number of amides is 1. The normalized spacial score (nSPS) is 12.6. The van der Waals surface area contributed by atoms with Crippen LogP contribution in [-0.4, -0.2) is 50.8 Å². The third-order valence-electron chi connectivity index (χ3n) is 6.53. The number of benzene rings is 1. The van der Waals surface area contributed by atoms with Crippen molar-refractivity contribution in [2.24, 2.45) is 0 Å². The number of nitrogens with zero attached hydrogens (tertiary/aromatic N) is 8. The van der Waals surface area contributed by atoms with Crippen LogP contribution in [0.25, 0.3) is 17.2 Å². The molecule has 1 aromatic carbocycles. The second-order valence-corrected chi connectivity index (χ2v) is 9.14. The van der Waals surface area contributed by atoms with Gasteiger partial charge in [-0.3, -0.25) is 14.3 Å². The zero-order valence-electron chi connectivity index (χ0n) is 21.2. The van der Waals surface area contributed by atoms with Crippen molar-refractivity contribution in [3.8, 4) is 23.3 Å². The summed E-state index contributed by atoms with van der Waals surface area (Å²) in [6, 6.07) is 16.9.